The van der Waals surface area contributed by atoms with E-state index >= 15 is 0 Å². The fraction of sp³-hybridized carbons (Fsp3) is 0.308. The molecule has 0 spiro atoms. The molecule has 0 amide bonds. The second kappa shape index (κ2) is 8.48. The van der Waals surface area contributed by atoms with Gasteiger partial charge in [0.1, 0.15) is 11.6 Å². The molecule has 0 aliphatic rings. The standard InChI is InChI=1S/C13H11ClF4N2O4/c1-2-23-12(22)6-24-10-4-9(8(15)3-7(10)14)20-19-5-11(21)13(16,17)18/h3-5,20H,2,6H2,1H3/b19-5+. The molecule has 1 aromatic rings. The normalized spacial score (nSPS) is 11.4. The molecule has 0 heterocycles. The van der Waals surface area contributed by atoms with Gasteiger partial charge in [-0.1, -0.05) is 11.6 Å². The number of nitrogens with zero attached hydrogens (tertiary/aromatic N) is 1. The third kappa shape index (κ3) is 6.03. The predicted molar refractivity (Wildman–Crippen MR) is 76.7 cm³/mol. The summed E-state index contributed by atoms with van der Waals surface area (Å²) < 4.78 is 59.2. The summed E-state index contributed by atoms with van der Waals surface area (Å²) in [7, 11) is 0. The molecule has 0 unspecified atom stereocenters. The zero-order chi connectivity index (χ0) is 18.3. The lowest BCUT2D eigenvalue weighted by Crippen LogP contribution is -2.24. The highest BCUT2D eigenvalue weighted by molar-refractivity contribution is 6.32. The van der Waals surface area contributed by atoms with Crippen LogP contribution in [0, 0.1) is 5.82 Å². The van der Waals surface area contributed by atoms with Crippen molar-refractivity contribution in [3.63, 3.8) is 0 Å². The van der Waals surface area contributed by atoms with Crippen LogP contribution >= 0.6 is 11.6 Å². The van der Waals surface area contributed by atoms with E-state index in [1.54, 1.807) is 6.92 Å². The molecule has 1 aromatic carbocycles. The zero-order valence-electron chi connectivity index (χ0n) is 12.1. The summed E-state index contributed by atoms with van der Waals surface area (Å²) in [6, 6.07) is 1.76. The van der Waals surface area contributed by atoms with Crippen LogP contribution in [0.2, 0.25) is 5.02 Å². The average Bonchev–Trinajstić information content (AvgIpc) is 2.47. The number of hydrogen-bond donors (Lipinski definition) is 1. The molecule has 0 aromatic heterocycles. The molecule has 24 heavy (non-hydrogen) atoms. The minimum atomic E-state index is -5.09. The Balaban J connectivity index is 2.81. The Morgan fingerprint density at radius 1 is 1.38 bits per heavy atom. The minimum absolute atomic E-state index is 0.0484. The molecule has 0 fully saturated rings. The largest absolute Gasteiger partial charge is 0.480 e. The van der Waals surface area contributed by atoms with Gasteiger partial charge in [-0.15, -0.1) is 0 Å². The van der Waals surface area contributed by atoms with Crippen LogP contribution in [-0.2, 0) is 14.3 Å². The molecule has 132 valence electrons. The first-order chi connectivity index (χ1) is 11.1. The number of benzene rings is 1. The van der Waals surface area contributed by atoms with Gasteiger partial charge < -0.3 is 9.47 Å². The molecule has 1 N–H and O–H groups in total. The highest BCUT2D eigenvalue weighted by Crippen LogP contribution is 2.30. The van der Waals surface area contributed by atoms with Gasteiger partial charge in [0, 0.05) is 6.07 Å². The molecule has 0 saturated heterocycles. The number of Topliss-reactive ketones (excluding diaryl/α,β-unsaturated/α-hetero) is 1. The number of carbonyl (C=O) groups is 2. The topological polar surface area (TPSA) is 77.0 Å². The highest BCUT2D eigenvalue weighted by atomic mass is 35.5. The Morgan fingerprint density at radius 3 is 2.62 bits per heavy atom. The number of hydrogen-bond acceptors (Lipinski definition) is 6. The van der Waals surface area contributed by atoms with Gasteiger partial charge in [0.05, 0.1) is 23.5 Å². The minimum Gasteiger partial charge on any atom is -0.480 e. The monoisotopic (exact) mass is 370 g/mol. The number of nitrogens with one attached hydrogen (secondary N) is 1. The first kappa shape index (κ1) is 19.7. The average molecular weight is 371 g/mol. The molecule has 0 radical (unpaired) electrons. The van der Waals surface area contributed by atoms with Gasteiger partial charge in [-0.2, -0.15) is 18.3 Å². The second-order valence-corrected chi connectivity index (χ2v) is 4.50. The highest BCUT2D eigenvalue weighted by Gasteiger charge is 2.36. The van der Waals surface area contributed by atoms with Gasteiger partial charge in [-0.25, -0.2) is 9.18 Å². The fourth-order valence-electron chi connectivity index (χ4n) is 1.30. The molecule has 11 heteroatoms. The van der Waals surface area contributed by atoms with Gasteiger partial charge in [0.2, 0.25) is 0 Å². The van der Waals surface area contributed by atoms with Crippen molar-refractivity contribution in [1.82, 2.24) is 0 Å². The van der Waals surface area contributed by atoms with Crippen LogP contribution < -0.4 is 10.2 Å². The zero-order valence-corrected chi connectivity index (χ0v) is 12.9. The lowest BCUT2D eigenvalue weighted by molar-refractivity contribution is -0.162. The summed E-state index contributed by atoms with van der Waals surface area (Å²) in [6.07, 6.45) is -5.13. The van der Waals surface area contributed by atoms with Gasteiger partial charge in [0.25, 0.3) is 5.78 Å². The maximum atomic E-state index is 13.6. The van der Waals surface area contributed by atoms with Crippen LogP contribution in [0.1, 0.15) is 6.92 Å². The molecule has 0 atom stereocenters. The van der Waals surface area contributed by atoms with E-state index in [0.29, 0.717) is 0 Å². The molecule has 0 saturated carbocycles. The van der Waals surface area contributed by atoms with Crippen LogP contribution in [-0.4, -0.2) is 37.4 Å². The first-order valence-corrected chi connectivity index (χ1v) is 6.70. The van der Waals surface area contributed by atoms with Crippen LogP contribution in [0.5, 0.6) is 5.75 Å². The molecule has 1 rings (SSSR count). The second-order valence-electron chi connectivity index (χ2n) is 4.09. The van der Waals surface area contributed by atoms with Crippen molar-refractivity contribution in [2.75, 3.05) is 18.6 Å². The molecular weight excluding hydrogens is 360 g/mol. The third-order valence-corrected chi connectivity index (χ3v) is 2.61. The Bertz CT molecular complexity index is 650. The number of ketones is 1. The molecule has 6 nitrogen and oxygen atoms in total. The summed E-state index contributed by atoms with van der Waals surface area (Å²) in [6.45, 7) is 1.22. The number of ether oxygens (including phenoxy) is 2. The molecular formula is C13H11ClF4N2O4. The number of hydrazone groups is 1. The summed E-state index contributed by atoms with van der Waals surface area (Å²) in [4.78, 5) is 21.8. The SMILES string of the molecule is CCOC(=O)COc1cc(N/N=C/C(=O)C(F)(F)F)c(F)cc1Cl. The van der Waals surface area contributed by atoms with E-state index in [0.717, 1.165) is 12.1 Å². The number of esters is 1. The molecule has 0 aliphatic carbocycles. The predicted octanol–water partition coefficient (Wildman–Crippen LogP) is 2.95. The van der Waals surface area contributed by atoms with Crippen LogP contribution in [0.4, 0.5) is 23.2 Å². The van der Waals surface area contributed by atoms with Crippen molar-refractivity contribution in [3.8, 4) is 5.75 Å². The van der Waals surface area contributed by atoms with Crippen molar-refractivity contribution in [3.05, 3.63) is 23.0 Å². The Hall–Kier alpha value is -2.36. The van der Waals surface area contributed by atoms with Crippen LogP contribution in [0.15, 0.2) is 17.2 Å². The summed E-state index contributed by atoms with van der Waals surface area (Å²) in [5.41, 5.74) is 1.50. The van der Waals surface area contributed by atoms with E-state index in [2.05, 4.69) is 9.84 Å². The summed E-state index contributed by atoms with van der Waals surface area (Å²) in [5, 5.41) is 2.81. The number of carbonyl (C=O) groups excluding carboxylic acids is 2. The van der Waals surface area contributed by atoms with E-state index < -0.39 is 36.0 Å². The van der Waals surface area contributed by atoms with Crippen molar-refractivity contribution in [2.24, 2.45) is 5.10 Å². The number of rotatable bonds is 7. The van der Waals surface area contributed by atoms with E-state index in [9.17, 15) is 27.2 Å². The molecule has 0 aliphatic heterocycles. The van der Waals surface area contributed by atoms with Gasteiger partial charge in [-0.3, -0.25) is 10.2 Å². The third-order valence-electron chi connectivity index (χ3n) is 2.32. The quantitative estimate of drug-likeness (QED) is 0.345. The van der Waals surface area contributed by atoms with E-state index in [1.807, 2.05) is 5.43 Å². The van der Waals surface area contributed by atoms with Gasteiger partial charge in [0.15, 0.2) is 6.61 Å². The van der Waals surface area contributed by atoms with Crippen LogP contribution in [0.25, 0.3) is 0 Å². The number of anilines is 1. The lowest BCUT2D eigenvalue weighted by Gasteiger charge is -2.10. The van der Waals surface area contributed by atoms with Crippen molar-refractivity contribution in [2.45, 2.75) is 13.1 Å². The Kier molecular flexibility index (Phi) is 6.96. The fourth-order valence-corrected chi connectivity index (χ4v) is 1.50. The Labute approximate surface area is 138 Å². The Morgan fingerprint density at radius 2 is 2.04 bits per heavy atom. The number of alkyl halides is 3. The van der Waals surface area contributed by atoms with Crippen molar-refractivity contribution >= 4 is 35.3 Å². The maximum absolute atomic E-state index is 13.6. The van der Waals surface area contributed by atoms with Gasteiger partial charge in [-0.05, 0) is 13.0 Å². The summed E-state index contributed by atoms with van der Waals surface area (Å²) in [5.74, 6) is -4.00. The van der Waals surface area contributed by atoms with Crippen LogP contribution in [0.3, 0.4) is 0 Å². The van der Waals surface area contributed by atoms with Crippen molar-refractivity contribution < 1.29 is 36.6 Å². The van der Waals surface area contributed by atoms with Crippen molar-refractivity contribution in [1.29, 1.82) is 0 Å². The maximum Gasteiger partial charge on any atom is 0.455 e. The lowest BCUT2D eigenvalue weighted by atomic mass is 10.3. The smallest absolute Gasteiger partial charge is 0.455 e. The van der Waals surface area contributed by atoms with E-state index in [-0.39, 0.29) is 23.6 Å². The van der Waals surface area contributed by atoms with E-state index in [4.69, 9.17) is 16.3 Å². The van der Waals surface area contributed by atoms with Gasteiger partial charge >= 0.3 is 12.1 Å². The summed E-state index contributed by atoms with van der Waals surface area (Å²) >= 11 is 5.72. The number of halogens is 5. The first-order valence-electron chi connectivity index (χ1n) is 6.32. The molecule has 0 bridgehead atoms. The van der Waals surface area contributed by atoms with E-state index in [1.165, 1.54) is 0 Å².